The lowest BCUT2D eigenvalue weighted by Gasteiger charge is -2.22. The van der Waals surface area contributed by atoms with Crippen molar-refractivity contribution in [1.82, 2.24) is 9.97 Å². The monoisotopic (exact) mass is 508 g/mol. The molecule has 1 atom stereocenters. The molecule has 9 heteroatoms. The maximum atomic E-state index is 13.3. The van der Waals surface area contributed by atoms with E-state index < -0.39 is 5.60 Å². The Morgan fingerprint density at radius 2 is 1.89 bits per heavy atom. The first-order valence-corrected chi connectivity index (χ1v) is 11.4. The van der Waals surface area contributed by atoms with Crippen molar-refractivity contribution < 1.29 is 14.4 Å². The number of rotatable bonds is 6. The van der Waals surface area contributed by atoms with E-state index in [1.807, 2.05) is 38.1 Å². The van der Waals surface area contributed by atoms with Crippen molar-refractivity contribution in [3.05, 3.63) is 86.7 Å². The number of hydrogen-bond acceptors (Lipinski definition) is 6. The van der Waals surface area contributed by atoms with Gasteiger partial charge in [-0.1, -0.05) is 40.3 Å². The van der Waals surface area contributed by atoms with E-state index in [9.17, 15) is 4.79 Å². The molecule has 3 aromatic rings. The molecule has 1 aliphatic heterocycles. The highest BCUT2D eigenvalue weighted by atomic mass is 35.5. The van der Waals surface area contributed by atoms with Gasteiger partial charge in [-0.2, -0.15) is 0 Å². The average Bonchev–Trinajstić information content (AvgIpc) is 3.25. The number of aromatic nitrogens is 2. The zero-order valence-electron chi connectivity index (χ0n) is 19.4. The number of anilines is 1. The van der Waals surface area contributed by atoms with Crippen molar-refractivity contribution in [3.63, 3.8) is 0 Å². The van der Waals surface area contributed by atoms with Crippen LogP contribution < -0.4 is 4.90 Å². The van der Waals surface area contributed by atoms with Crippen LogP contribution in [0.4, 0.5) is 5.95 Å². The third-order valence-corrected chi connectivity index (χ3v) is 6.11. The number of amides is 1. The fourth-order valence-corrected chi connectivity index (χ4v) is 4.33. The fraction of sp³-hybridized carbons (Fsp3) is 0.231. The molecule has 0 bridgehead atoms. The molecule has 35 heavy (non-hydrogen) atoms. The molecule has 1 unspecified atom stereocenters. The van der Waals surface area contributed by atoms with Gasteiger partial charge < -0.3 is 9.57 Å². The molecular weight excluding hydrogens is 487 g/mol. The molecule has 2 aromatic carbocycles. The normalized spacial score (nSPS) is 16.9. The standard InChI is InChI=1S/C26H22Cl2N4O3/c1-5-17-13-29-25(30-14-17)32(15-34-4)24(33)22-7-6-18(8-16(22)2)23-12-26(3,35-31-23)19-9-20(27)11-21(28)10-19/h1,6-11,13-14H,12,15H2,2-4H3. The second-order valence-corrected chi connectivity index (χ2v) is 9.16. The van der Waals surface area contributed by atoms with Gasteiger partial charge in [0.1, 0.15) is 6.73 Å². The van der Waals surface area contributed by atoms with Gasteiger partial charge in [0.05, 0.1) is 11.3 Å². The Bertz CT molecular complexity index is 1330. The van der Waals surface area contributed by atoms with Crippen LogP contribution in [0.1, 0.15) is 46.0 Å². The third-order valence-electron chi connectivity index (χ3n) is 5.67. The SMILES string of the molecule is C#Cc1cnc(N(COC)C(=O)c2ccc(C3=NOC(C)(c4cc(Cl)cc(Cl)c4)C3)cc2C)nc1. The number of carbonyl (C=O) groups is 1. The zero-order chi connectivity index (χ0) is 25.2. The van der Waals surface area contributed by atoms with E-state index in [1.165, 1.54) is 24.4 Å². The molecule has 0 fully saturated rings. The molecule has 0 N–H and O–H groups in total. The lowest BCUT2D eigenvalue weighted by molar-refractivity contribution is -0.00737. The summed E-state index contributed by atoms with van der Waals surface area (Å²) in [6.45, 7) is 3.77. The molecule has 178 valence electrons. The van der Waals surface area contributed by atoms with Gasteiger partial charge in [-0.15, -0.1) is 6.42 Å². The smallest absolute Gasteiger partial charge is 0.262 e. The van der Waals surface area contributed by atoms with Crippen molar-refractivity contribution >= 4 is 40.8 Å². The number of nitrogens with zero attached hydrogens (tertiary/aromatic N) is 4. The zero-order valence-corrected chi connectivity index (χ0v) is 20.9. The number of halogens is 2. The Labute approximate surface area is 213 Å². The highest BCUT2D eigenvalue weighted by Crippen LogP contribution is 2.38. The largest absolute Gasteiger partial charge is 0.384 e. The van der Waals surface area contributed by atoms with Gasteiger partial charge in [-0.25, -0.2) is 9.97 Å². The van der Waals surface area contributed by atoms with Gasteiger partial charge in [-0.05, 0) is 55.3 Å². The number of aryl methyl sites for hydroxylation is 1. The minimum absolute atomic E-state index is 0.0173. The van der Waals surface area contributed by atoms with Crippen LogP contribution >= 0.6 is 23.2 Å². The first-order chi connectivity index (χ1) is 16.7. The predicted octanol–water partition coefficient (Wildman–Crippen LogP) is 5.36. The topological polar surface area (TPSA) is 76.9 Å². The summed E-state index contributed by atoms with van der Waals surface area (Å²) in [5.41, 5.74) is 3.50. The highest BCUT2D eigenvalue weighted by molar-refractivity contribution is 6.34. The minimum Gasteiger partial charge on any atom is -0.384 e. The second kappa shape index (κ2) is 10.0. The predicted molar refractivity (Wildman–Crippen MR) is 136 cm³/mol. The Morgan fingerprint density at radius 1 is 1.20 bits per heavy atom. The number of benzene rings is 2. The van der Waals surface area contributed by atoms with Crippen LogP contribution in [0.3, 0.4) is 0 Å². The molecular formula is C26H22Cl2N4O3. The minimum atomic E-state index is -0.705. The van der Waals surface area contributed by atoms with E-state index in [0.717, 1.165) is 22.4 Å². The average molecular weight is 509 g/mol. The molecule has 0 spiro atoms. The molecule has 1 aliphatic rings. The number of carbonyl (C=O) groups excluding carboxylic acids is 1. The molecule has 0 saturated heterocycles. The third kappa shape index (κ3) is 5.15. The van der Waals surface area contributed by atoms with Crippen LogP contribution in [0.2, 0.25) is 10.0 Å². The van der Waals surface area contributed by atoms with Crippen molar-refractivity contribution in [2.45, 2.75) is 25.9 Å². The summed E-state index contributed by atoms with van der Waals surface area (Å²) in [6, 6.07) is 10.8. The van der Waals surface area contributed by atoms with E-state index in [-0.39, 0.29) is 18.6 Å². The first-order valence-electron chi connectivity index (χ1n) is 10.7. The Hall–Kier alpha value is -3.44. The summed E-state index contributed by atoms with van der Waals surface area (Å²) in [7, 11) is 1.49. The summed E-state index contributed by atoms with van der Waals surface area (Å²) in [6.07, 6.45) is 8.85. The van der Waals surface area contributed by atoms with Gasteiger partial charge in [0.15, 0.2) is 5.60 Å². The second-order valence-electron chi connectivity index (χ2n) is 8.29. The number of methoxy groups -OCH3 is 1. The van der Waals surface area contributed by atoms with E-state index in [4.69, 9.17) is 39.2 Å². The molecule has 7 nitrogen and oxygen atoms in total. The van der Waals surface area contributed by atoms with E-state index in [1.54, 1.807) is 12.1 Å². The Balaban J connectivity index is 1.57. The molecule has 0 aliphatic carbocycles. The number of oxime groups is 1. The number of terminal acetylenes is 1. The summed E-state index contributed by atoms with van der Waals surface area (Å²) in [4.78, 5) is 28.9. The summed E-state index contributed by atoms with van der Waals surface area (Å²) < 4.78 is 5.21. The molecule has 0 saturated carbocycles. The molecule has 4 rings (SSSR count). The van der Waals surface area contributed by atoms with E-state index in [0.29, 0.717) is 27.6 Å². The van der Waals surface area contributed by atoms with Gasteiger partial charge in [0, 0.05) is 47.1 Å². The lowest BCUT2D eigenvalue weighted by atomic mass is 9.88. The quantitative estimate of drug-likeness (QED) is 0.330. The van der Waals surface area contributed by atoms with Crippen LogP contribution in [0.25, 0.3) is 0 Å². The summed E-state index contributed by atoms with van der Waals surface area (Å²) in [5, 5.41) is 5.38. The number of ether oxygens (including phenoxy) is 1. The van der Waals surface area contributed by atoms with Crippen LogP contribution in [-0.4, -0.2) is 35.4 Å². The van der Waals surface area contributed by atoms with Crippen molar-refractivity contribution in [3.8, 4) is 12.3 Å². The van der Waals surface area contributed by atoms with Crippen molar-refractivity contribution in [2.24, 2.45) is 5.16 Å². The van der Waals surface area contributed by atoms with Gasteiger partial charge >= 0.3 is 0 Å². The van der Waals surface area contributed by atoms with Gasteiger partial charge in [0.25, 0.3) is 5.91 Å². The van der Waals surface area contributed by atoms with Crippen LogP contribution in [0.5, 0.6) is 0 Å². The van der Waals surface area contributed by atoms with Crippen LogP contribution in [0.15, 0.2) is 53.9 Å². The lowest BCUT2D eigenvalue weighted by Crippen LogP contribution is -2.34. The van der Waals surface area contributed by atoms with Crippen molar-refractivity contribution in [1.29, 1.82) is 0 Å². The maximum absolute atomic E-state index is 13.3. The molecule has 1 aromatic heterocycles. The Kier molecular flexibility index (Phi) is 7.08. The van der Waals surface area contributed by atoms with Crippen LogP contribution in [0, 0.1) is 19.3 Å². The van der Waals surface area contributed by atoms with Gasteiger partial charge in [-0.3, -0.25) is 9.69 Å². The molecule has 0 radical (unpaired) electrons. The van der Waals surface area contributed by atoms with E-state index in [2.05, 4.69) is 21.0 Å². The highest BCUT2D eigenvalue weighted by Gasteiger charge is 2.37. The molecule has 2 heterocycles. The first kappa shape index (κ1) is 24.7. The molecule has 1 amide bonds. The maximum Gasteiger partial charge on any atom is 0.262 e. The van der Waals surface area contributed by atoms with Crippen molar-refractivity contribution in [2.75, 3.05) is 18.7 Å². The fourth-order valence-electron chi connectivity index (χ4n) is 3.81. The summed E-state index contributed by atoms with van der Waals surface area (Å²) >= 11 is 12.4. The van der Waals surface area contributed by atoms with E-state index >= 15 is 0 Å². The summed E-state index contributed by atoms with van der Waals surface area (Å²) in [5.74, 6) is 2.35. The number of hydrogen-bond donors (Lipinski definition) is 0. The Morgan fingerprint density at radius 3 is 2.49 bits per heavy atom. The van der Waals surface area contributed by atoms with Gasteiger partial charge in [0.2, 0.25) is 5.95 Å². The van der Waals surface area contributed by atoms with Crippen LogP contribution in [-0.2, 0) is 15.2 Å².